The van der Waals surface area contributed by atoms with Crippen LogP contribution in [0.4, 0.5) is 0 Å². The second kappa shape index (κ2) is 5.13. The lowest BCUT2D eigenvalue weighted by Crippen LogP contribution is -2.27. The van der Waals surface area contributed by atoms with Crippen LogP contribution in [-0.4, -0.2) is 21.1 Å². The molecule has 1 atom stereocenters. The molecule has 2 N–H and O–H groups in total. The van der Waals surface area contributed by atoms with Crippen molar-refractivity contribution in [3.8, 4) is 0 Å². The van der Waals surface area contributed by atoms with Crippen LogP contribution in [0.15, 0.2) is 48.8 Å². The molecule has 1 aromatic heterocycles. The molecule has 0 radical (unpaired) electrons. The average Bonchev–Trinajstić information content (AvgIpc) is 3.01. The van der Waals surface area contributed by atoms with Gasteiger partial charge in [0.1, 0.15) is 12.2 Å². The Balaban J connectivity index is 1.89. The van der Waals surface area contributed by atoms with Crippen LogP contribution in [0.3, 0.4) is 0 Å². The van der Waals surface area contributed by atoms with Gasteiger partial charge in [-0.15, -0.1) is 0 Å². The summed E-state index contributed by atoms with van der Waals surface area (Å²) in [6.45, 7) is 1.86. The Bertz CT molecular complexity index is 731. The highest BCUT2D eigenvalue weighted by Gasteiger charge is 2.15. The highest BCUT2D eigenvalue weighted by atomic mass is 16.1. The minimum atomic E-state index is -0.219. The summed E-state index contributed by atoms with van der Waals surface area (Å²) >= 11 is 0. The van der Waals surface area contributed by atoms with Crippen LogP contribution in [0.1, 0.15) is 29.1 Å². The Morgan fingerprint density at radius 3 is 2.80 bits per heavy atom. The summed E-state index contributed by atoms with van der Waals surface area (Å²) in [5, 5.41) is 11.4. The largest absolute Gasteiger partial charge is 0.342 e. The lowest BCUT2D eigenvalue weighted by Gasteiger charge is -2.12. The molecule has 0 aliphatic carbocycles. The maximum atomic E-state index is 12.4. The van der Waals surface area contributed by atoms with E-state index in [1.807, 2.05) is 49.4 Å². The standard InChI is InChI=1S/C15H14N4O/c1-10(14-16-9-17-19-14)18-15(20)13-8-4-6-11-5-2-3-7-12(11)13/h2-10H,1H3,(H,18,20)(H,16,17,19). The fourth-order valence-corrected chi connectivity index (χ4v) is 2.19. The second-order valence-electron chi connectivity index (χ2n) is 4.59. The van der Waals surface area contributed by atoms with E-state index in [1.54, 1.807) is 0 Å². The molecule has 1 unspecified atom stereocenters. The highest BCUT2D eigenvalue weighted by Crippen LogP contribution is 2.19. The number of amides is 1. The first-order chi connectivity index (χ1) is 9.75. The van der Waals surface area contributed by atoms with E-state index >= 15 is 0 Å². The molecule has 2 aromatic carbocycles. The lowest BCUT2D eigenvalue weighted by atomic mass is 10.0. The second-order valence-corrected chi connectivity index (χ2v) is 4.59. The van der Waals surface area contributed by atoms with Gasteiger partial charge in [-0.25, -0.2) is 4.98 Å². The number of nitrogens with one attached hydrogen (secondary N) is 2. The third-order valence-electron chi connectivity index (χ3n) is 3.23. The van der Waals surface area contributed by atoms with Gasteiger partial charge in [0, 0.05) is 5.56 Å². The van der Waals surface area contributed by atoms with Crippen molar-refractivity contribution in [1.82, 2.24) is 20.5 Å². The lowest BCUT2D eigenvalue weighted by molar-refractivity contribution is 0.0940. The summed E-state index contributed by atoms with van der Waals surface area (Å²) < 4.78 is 0. The Morgan fingerprint density at radius 2 is 2.00 bits per heavy atom. The van der Waals surface area contributed by atoms with Crippen molar-refractivity contribution < 1.29 is 4.79 Å². The van der Waals surface area contributed by atoms with Crippen molar-refractivity contribution >= 4 is 16.7 Å². The van der Waals surface area contributed by atoms with E-state index in [9.17, 15) is 4.79 Å². The first-order valence-electron chi connectivity index (χ1n) is 6.39. The number of carbonyl (C=O) groups is 1. The maximum absolute atomic E-state index is 12.4. The fourth-order valence-electron chi connectivity index (χ4n) is 2.19. The minimum Gasteiger partial charge on any atom is -0.342 e. The van der Waals surface area contributed by atoms with Crippen molar-refractivity contribution in [2.24, 2.45) is 0 Å². The molecule has 20 heavy (non-hydrogen) atoms. The van der Waals surface area contributed by atoms with Crippen molar-refractivity contribution in [3.05, 3.63) is 60.2 Å². The van der Waals surface area contributed by atoms with E-state index in [-0.39, 0.29) is 11.9 Å². The molecular weight excluding hydrogens is 252 g/mol. The van der Waals surface area contributed by atoms with Crippen LogP contribution in [0, 0.1) is 0 Å². The van der Waals surface area contributed by atoms with Crippen LogP contribution in [-0.2, 0) is 0 Å². The van der Waals surface area contributed by atoms with E-state index < -0.39 is 0 Å². The Morgan fingerprint density at radius 1 is 1.20 bits per heavy atom. The molecule has 100 valence electrons. The summed E-state index contributed by atoms with van der Waals surface area (Å²) in [7, 11) is 0. The van der Waals surface area contributed by atoms with E-state index in [4.69, 9.17) is 0 Å². The van der Waals surface area contributed by atoms with E-state index in [1.165, 1.54) is 6.33 Å². The number of aromatic nitrogens is 3. The zero-order chi connectivity index (χ0) is 13.9. The van der Waals surface area contributed by atoms with Gasteiger partial charge in [0.15, 0.2) is 0 Å². The van der Waals surface area contributed by atoms with Gasteiger partial charge < -0.3 is 5.32 Å². The zero-order valence-corrected chi connectivity index (χ0v) is 11.0. The van der Waals surface area contributed by atoms with Crippen molar-refractivity contribution in [2.75, 3.05) is 0 Å². The molecule has 3 rings (SSSR count). The van der Waals surface area contributed by atoms with E-state index in [0.717, 1.165) is 10.8 Å². The summed E-state index contributed by atoms with van der Waals surface area (Å²) in [4.78, 5) is 16.4. The third-order valence-corrected chi connectivity index (χ3v) is 3.23. The normalized spacial score (nSPS) is 12.2. The fraction of sp³-hybridized carbons (Fsp3) is 0.133. The third kappa shape index (κ3) is 2.25. The summed E-state index contributed by atoms with van der Waals surface area (Å²) in [6, 6.07) is 13.3. The number of H-pyrrole nitrogens is 1. The average molecular weight is 266 g/mol. The van der Waals surface area contributed by atoms with E-state index in [2.05, 4.69) is 20.5 Å². The van der Waals surface area contributed by atoms with Crippen LogP contribution in [0.2, 0.25) is 0 Å². The van der Waals surface area contributed by atoms with Crippen molar-refractivity contribution in [2.45, 2.75) is 13.0 Å². The number of aromatic amines is 1. The van der Waals surface area contributed by atoms with Gasteiger partial charge in [-0.1, -0.05) is 36.4 Å². The Kier molecular flexibility index (Phi) is 3.16. The van der Waals surface area contributed by atoms with Crippen LogP contribution < -0.4 is 5.32 Å². The molecule has 0 aliphatic rings. The number of benzene rings is 2. The van der Waals surface area contributed by atoms with Gasteiger partial charge in [0.05, 0.1) is 6.04 Å². The van der Waals surface area contributed by atoms with Gasteiger partial charge >= 0.3 is 0 Å². The van der Waals surface area contributed by atoms with Gasteiger partial charge in [0.2, 0.25) is 0 Å². The topological polar surface area (TPSA) is 70.7 Å². The number of rotatable bonds is 3. The van der Waals surface area contributed by atoms with Crippen molar-refractivity contribution in [1.29, 1.82) is 0 Å². The minimum absolute atomic E-state index is 0.120. The molecular formula is C15H14N4O. The van der Waals surface area contributed by atoms with Crippen LogP contribution in [0.5, 0.6) is 0 Å². The molecule has 0 aliphatic heterocycles. The zero-order valence-electron chi connectivity index (χ0n) is 11.0. The number of nitrogens with zero attached hydrogens (tertiary/aromatic N) is 2. The number of hydrogen-bond donors (Lipinski definition) is 2. The summed E-state index contributed by atoms with van der Waals surface area (Å²) in [5.41, 5.74) is 0.662. The molecule has 3 aromatic rings. The monoisotopic (exact) mass is 266 g/mol. The number of fused-ring (bicyclic) bond motifs is 1. The van der Waals surface area contributed by atoms with Crippen molar-refractivity contribution in [3.63, 3.8) is 0 Å². The predicted molar refractivity (Wildman–Crippen MR) is 76.2 cm³/mol. The van der Waals surface area contributed by atoms with Gasteiger partial charge in [-0.2, -0.15) is 5.10 Å². The molecule has 0 saturated heterocycles. The SMILES string of the molecule is CC(NC(=O)c1cccc2ccccc12)c1ncn[nH]1. The first-order valence-corrected chi connectivity index (χ1v) is 6.39. The van der Waals surface area contributed by atoms with Gasteiger partial charge in [0.25, 0.3) is 5.91 Å². The number of carbonyl (C=O) groups excluding carboxylic acids is 1. The quantitative estimate of drug-likeness (QED) is 0.765. The first kappa shape index (κ1) is 12.3. The molecule has 5 nitrogen and oxygen atoms in total. The van der Waals surface area contributed by atoms with Gasteiger partial charge in [-0.05, 0) is 23.8 Å². The summed E-state index contributed by atoms with van der Waals surface area (Å²) in [6.07, 6.45) is 1.43. The van der Waals surface area contributed by atoms with Gasteiger partial charge in [-0.3, -0.25) is 9.89 Å². The molecule has 5 heteroatoms. The predicted octanol–water partition coefficient (Wildman–Crippen LogP) is 2.45. The Labute approximate surface area is 116 Å². The molecule has 0 fully saturated rings. The highest BCUT2D eigenvalue weighted by molar-refractivity contribution is 6.07. The smallest absolute Gasteiger partial charge is 0.252 e. The molecule has 1 heterocycles. The molecule has 0 bridgehead atoms. The van der Waals surface area contributed by atoms with E-state index in [0.29, 0.717) is 11.4 Å². The molecule has 1 amide bonds. The maximum Gasteiger partial charge on any atom is 0.252 e. The summed E-state index contributed by atoms with van der Waals surface area (Å²) in [5.74, 6) is 0.518. The van der Waals surface area contributed by atoms with Crippen LogP contribution >= 0.6 is 0 Å². The van der Waals surface area contributed by atoms with Crippen LogP contribution in [0.25, 0.3) is 10.8 Å². The molecule has 0 spiro atoms. The number of hydrogen-bond acceptors (Lipinski definition) is 3. The molecule has 0 saturated carbocycles. The Hall–Kier alpha value is -2.69.